The van der Waals surface area contributed by atoms with Crippen LogP contribution in [0.3, 0.4) is 0 Å². The number of ether oxygens (including phenoxy) is 1. The molecule has 0 atom stereocenters. The van der Waals surface area contributed by atoms with Gasteiger partial charge in [0.2, 0.25) is 0 Å². The maximum Gasteiger partial charge on any atom is 0.321 e. The third-order valence-electron chi connectivity index (χ3n) is 2.28. The predicted octanol–water partition coefficient (Wildman–Crippen LogP) is 2.18. The Hall–Kier alpha value is -1.27. The summed E-state index contributed by atoms with van der Waals surface area (Å²) in [6.07, 6.45) is 0. The summed E-state index contributed by atoms with van der Waals surface area (Å²) in [6.45, 7) is 5.01. The predicted molar refractivity (Wildman–Crippen MR) is 79.2 cm³/mol. The van der Waals surface area contributed by atoms with Crippen molar-refractivity contribution < 1.29 is 17.9 Å². The smallest absolute Gasteiger partial charge is 0.321 e. The molecular formula is C13H18ClNO4S. The van der Waals surface area contributed by atoms with Gasteiger partial charge < -0.3 is 10.5 Å². The van der Waals surface area contributed by atoms with Crippen molar-refractivity contribution in [3.8, 4) is 0 Å². The quantitative estimate of drug-likeness (QED) is 0.679. The zero-order valence-electron chi connectivity index (χ0n) is 11.6. The van der Waals surface area contributed by atoms with Gasteiger partial charge in [0.1, 0.15) is 11.4 Å². The first-order valence-corrected chi connectivity index (χ1v) is 8.15. The number of sulfone groups is 1. The molecule has 112 valence electrons. The number of benzene rings is 1. The van der Waals surface area contributed by atoms with E-state index in [2.05, 4.69) is 0 Å². The highest BCUT2D eigenvalue weighted by molar-refractivity contribution is 7.91. The van der Waals surface area contributed by atoms with Crippen molar-refractivity contribution in [3.63, 3.8) is 0 Å². The molecule has 20 heavy (non-hydrogen) atoms. The molecule has 1 aromatic carbocycles. The van der Waals surface area contributed by atoms with E-state index in [0.29, 0.717) is 5.56 Å². The maximum absolute atomic E-state index is 12.0. The summed E-state index contributed by atoms with van der Waals surface area (Å²) in [6, 6.07) is 4.74. The van der Waals surface area contributed by atoms with E-state index in [1.165, 1.54) is 0 Å². The van der Waals surface area contributed by atoms with Gasteiger partial charge in [-0.25, -0.2) is 8.42 Å². The Morgan fingerprint density at radius 2 is 1.95 bits per heavy atom. The molecule has 1 rings (SSSR count). The molecule has 0 saturated heterocycles. The highest BCUT2D eigenvalue weighted by Gasteiger charge is 2.24. The number of nitrogen functional groups attached to an aromatic ring is 1. The van der Waals surface area contributed by atoms with Gasteiger partial charge in [-0.2, -0.15) is 0 Å². The summed E-state index contributed by atoms with van der Waals surface area (Å²) < 4.78 is 29.0. The Morgan fingerprint density at radius 3 is 2.45 bits per heavy atom. The van der Waals surface area contributed by atoms with Gasteiger partial charge in [0.25, 0.3) is 0 Å². The first-order chi connectivity index (χ1) is 9.00. The molecule has 0 spiro atoms. The SMILES string of the molecule is CC(C)(C)OC(=O)CS(=O)(=O)Cc1c(N)cccc1Cl. The van der Waals surface area contributed by atoms with Crippen molar-refractivity contribution in [1.82, 2.24) is 0 Å². The number of carbonyl (C=O) groups excluding carboxylic acids is 1. The number of hydrogen-bond acceptors (Lipinski definition) is 5. The Bertz CT molecular complexity index is 585. The lowest BCUT2D eigenvalue weighted by atomic mass is 10.2. The standard InChI is InChI=1S/C13H18ClNO4S/c1-13(2,3)19-12(16)8-20(17,18)7-9-10(14)5-4-6-11(9)15/h4-6H,7-8,15H2,1-3H3. The molecule has 2 N–H and O–H groups in total. The van der Waals surface area contributed by atoms with E-state index in [-0.39, 0.29) is 10.7 Å². The number of carbonyl (C=O) groups is 1. The van der Waals surface area contributed by atoms with E-state index < -0.39 is 32.9 Å². The van der Waals surface area contributed by atoms with E-state index in [4.69, 9.17) is 22.1 Å². The molecule has 7 heteroatoms. The Morgan fingerprint density at radius 1 is 1.35 bits per heavy atom. The molecule has 0 heterocycles. The van der Waals surface area contributed by atoms with Crippen LogP contribution in [0.5, 0.6) is 0 Å². The fraction of sp³-hybridized carbons (Fsp3) is 0.462. The molecule has 0 fully saturated rings. The number of esters is 1. The van der Waals surface area contributed by atoms with Crippen LogP contribution in [0.25, 0.3) is 0 Å². The van der Waals surface area contributed by atoms with Gasteiger partial charge >= 0.3 is 5.97 Å². The highest BCUT2D eigenvalue weighted by atomic mass is 35.5. The fourth-order valence-electron chi connectivity index (χ4n) is 1.55. The number of anilines is 1. The molecule has 0 aromatic heterocycles. The van der Waals surface area contributed by atoms with E-state index in [1.807, 2.05) is 0 Å². The van der Waals surface area contributed by atoms with Crippen LogP contribution in [-0.4, -0.2) is 25.7 Å². The first-order valence-electron chi connectivity index (χ1n) is 5.95. The van der Waals surface area contributed by atoms with Gasteiger partial charge in [0, 0.05) is 16.3 Å². The normalized spacial score (nSPS) is 12.2. The van der Waals surface area contributed by atoms with Crippen molar-refractivity contribution in [2.75, 3.05) is 11.5 Å². The minimum atomic E-state index is -3.69. The lowest BCUT2D eigenvalue weighted by Gasteiger charge is -2.19. The second kappa shape index (κ2) is 6.01. The van der Waals surface area contributed by atoms with Crippen molar-refractivity contribution in [1.29, 1.82) is 0 Å². The molecule has 0 saturated carbocycles. The zero-order valence-corrected chi connectivity index (χ0v) is 13.2. The van der Waals surface area contributed by atoms with Crippen LogP contribution in [0.4, 0.5) is 5.69 Å². The molecule has 0 aliphatic rings. The summed E-state index contributed by atoms with van der Waals surface area (Å²) in [5, 5.41) is 0.262. The Labute approximate surface area is 124 Å². The fourth-order valence-corrected chi connectivity index (χ4v) is 3.16. The van der Waals surface area contributed by atoms with Gasteiger partial charge in [-0.3, -0.25) is 4.79 Å². The summed E-state index contributed by atoms with van der Waals surface area (Å²) >= 11 is 5.92. The van der Waals surface area contributed by atoms with Crippen molar-refractivity contribution in [2.45, 2.75) is 32.1 Å². The lowest BCUT2D eigenvalue weighted by molar-refractivity contribution is -0.151. The number of rotatable bonds is 4. The zero-order chi connectivity index (χ0) is 15.6. The van der Waals surface area contributed by atoms with Crippen molar-refractivity contribution in [3.05, 3.63) is 28.8 Å². The Balaban J connectivity index is 2.84. The number of halogens is 1. The third kappa shape index (κ3) is 5.38. The summed E-state index contributed by atoms with van der Waals surface area (Å²) in [7, 11) is -3.69. The number of hydrogen-bond donors (Lipinski definition) is 1. The van der Waals surface area contributed by atoms with Crippen LogP contribution in [-0.2, 0) is 25.1 Å². The summed E-state index contributed by atoms with van der Waals surface area (Å²) in [4.78, 5) is 11.6. The van der Waals surface area contributed by atoms with Gasteiger partial charge in [0.05, 0.1) is 5.75 Å². The molecule has 0 amide bonds. The summed E-state index contributed by atoms with van der Waals surface area (Å²) in [5.41, 5.74) is 5.56. The van der Waals surface area contributed by atoms with Crippen LogP contribution in [0.15, 0.2) is 18.2 Å². The van der Waals surface area contributed by atoms with Gasteiger partial charge in [-0.15, -0.1) is 0 Å². The van der Waals surface area contributed by atoms with Gasteiger partial charge in [-0.05, 0) is 32.9 Å². The van der Waals surface area contributed by atoms with Crippen molar-refractivity contribution >= 4 is 33.1 Å². The largest absolute Gasteiger partial charge is 0.459 e. The average Bonchev–Trinajstić information content (AvgIpc) is 2.19. The van der Waals surface area contributed by atoms with Crippen molar-refractivity contribution in [2.24, 2.45) is 0 Å². The molecule has 0 radical (unpaired) electrons. The van der Waals surface area contributed by atoms with Crippen LogP contribution >= 0.6 is 11.6 Å². The van der Waals surface area contributed by atoms with Crippen LogP contribution in [0.1, 0.15) is 26.3 Å². The van der Waals surface area contributed by atoms with E-state index >= 15 is 0 Å². The van der Waals surface area contributed by atoms with Crippen LogP contribution < -0.4 is 5.73 Å². The first kappa shape index (κ1) is 16.8. The second-order valence-electron chi connectivity index (χ2n) is 5.43. The van der Waals surface area contributed by atoms with E-state index in [9.17, 15) is 13.2 Å². The maximum atomic E-state index is 12.0. The topological polar surface area (TPSA) is 86.5 Å². The monoisotopic (exact) mass is 319 g/mol. The lowest BCUT2D eigenvalue weighted by Crippen LogP contribution is -2.29. The molecule has 5 nitrogen and oxygen atoms in total. The van der Waals surface area contributed by atoms with E-state index in [1.54, 1.807) is 39.0 Å². The molecule has 0 aliphatic carbocycles. The second-order valence-corrected chi connectivity index (χ2v) is 7.90. The minimum absolute atomic E-state index is 0.262. The number of nitrogens with two attached hydrogens (primary N) is 1. The van der Waals surface area contributed by atoms with Crippen LogP contribution in [0.2, 0.25) is 5.02 Å². The average molecular weight is 320 g/mol. The summed E-state index contributed by atoms with van der Waals surface area (Å²) in [5.74, 6) is -1.88. The Kier molecular flexibility index (Phi) is 5.05. The highest BCUT2D eigenvalue weighted by Crippen LogP contribution is 2.24. The van der Waals surface area contributed by atoms with Gasteiger partial charge in [0.15, 0.2) is 9.84 Å². The van der Waals surface area contributed by atoms with Crippen LogP contribution in [0, 0.1) is 0 Å². The van der Waals surface area contributed by atoms with E-state index in [0.717, 1.165) is 0 Å². The molecular weight excluding hydrogens is 302 g/mol. The molecule has 1 aromatic rings. The molecule has 0 unspecified atom stereocenters. The minimum Gasteiger partial charge on any atom is -0.459 e. The molecule has 0 bridgehead atoms. The molecule has 0 aliphatic heterocycles. The third-order valence-corrected chi connectivity index (χ3v) is 4.04. The van der Waals surface area contributed by atoms with Gasteiger partial charge in [-0.1, -0.05) is 17.7 Å².